The normalized spacial score (nSPS) is 14.6. The number of anilines is 2. The Kier molecular flexibility index (Phi) is 5.37. The number of rotatable bonds is 4. The molecular formula is C16H17Cl2N5O. The smallest absolute Gasteiger partial charge is 0.241 e. The van der Waals surface area contributed by atoms with Gasteiger partial charge in [0.1, 0.15) is 0 Å². The summed E-state index contributed by atoms with van der Waals surface area (Å²) in [5, 5.41) is 4.03. The van der Waals surface area contributed by atoms with Crippen LogP contribution in [-0.2, 0) is 4.79 Å². The van der Waals surface area contributed by atoms with Gasteiger partial charge < -0.3 is 15.1 Å². The zero-order valence-electron chi connectivity index (χ0n) is 13.0. The van der Waals surface area contributed by atoms with Crippen LogP contribution < -0.4 is 10.2 Å². The molecule has 3 rings (SSSR count). The molecule has 0 atom stereocenters. The Morgan fingerprint density at radius 2 is 1.67 bits per heavy atom. The Morgan fingerprint density at radius 1 is 1.04 bits per heavy atom. The highest BCUT2D eigenvalue weighted by atomic mass is 35.5. The van der Waals surface area contributed by atoms with Crippen molar-refractivity contribution in [1.82, 2.24) is 14.9 Å². The number of nitrogens with one attached hydrogen (secondary N) is 1. The molecule has 126 valence electrons. The molecule has 0 unspecified atom stereocenters. The molecule has 8 heteroatoms. The van der Waals surface area contributed by atoms with Gasteiger partial charge in [-0.2, -0.15) is 0 Å². The lowest BCUT2D eigenvalue weighted by atomic mass is 10.3. The Labute approximate surface area is 150 Å². The monoisotopic (exact) mass is 365 g/mol. The third-order valence-electron chi connectivity index (χ3n) is 3.85. The standard InChI is InChI=1S/C16H17Cl2N5O/c17-12-3-1-4-13(18)15(12)21-11-14(24)22-7-9-23(10-8-22)16-19-5-2-6-20-16/h1-6,21H,7-11H2. The average molecular weight is 366 g/mol. The van der Waals surface area contributed by atoms with E-state index < -0.39 is 0 Å². The molecule has 1 fully saturated rings. The number of benzene rings is 1. The number of hydrogen-bond acceptors (Lipinski definition) is 5. The maximum Gasteiger partial charge on any atom is 0.241 e. The summed E-state index contributed by atoms with van der Waals surface area (Å²) >= 11 is 12.2. The minimum Gasteiger partial charge on any atom is -0.374 e. The van der Waals surface area contributed by atoms with E-state index in [1.807, 2.05) is 4.90 Å². The summed E-state index contributed by atoms with van der Waals surface area (Å²) in [7, 11) is 0. The van der Waals surface area contributed by atoms with Gasteiger partial charge in [0.05, 0.1) is 22.3 Å². The van der Waals surface area contributed by atoms with E-state index in [1.165, 1.54) is 0 Å². The molecule has 0 bridgehead atoms. The predicted octanol–water partition coefficient (Wildman–Crippen LogP) is 2.54. The topological polar surface area (TPSA) is 61.4 Å². The number of carbonyl (C=O) groups excluding carboxylic acids is 1. The quantitative estimate of drug-likeness (QED) is 0.901. The van der Waals surface area contributed by atoms with E-state index in [4.69, 9.17) is 23.2 Å². The zero-order chi connectivity index (χ0) is 16.9. The van der Waals surface area contributed by atoms with Gasteiger partial charge in [-0.25, -0.2) is 9.97 Å². The summed E-state index contributed by atoms with van der Waals surface area (Å²) in [6.07, 6.45) is 3.44. The zero-order valence-corrected chi connectivity index (χ0v) is 14.5. The van der Waals surface area contributed by atoms with E-state index in [-0.39, 0.29) is 12.5 Å². The fraction of sp³-hybridized carbons (Fsp3) is 0.312. The van der Waals surface area contributed by atoms with Crippen LogP contribution >= 0.6 is 23.2 Å². The van der Waals surface area contributed by atoms with Crippen LogP contribution in [0.5, 0.6) is 0 Å². The molecule has 0 saturated carbocycles. The molecule has 1 aromatic carbocycles. The maximum atomic E-state index is 12.4. The molecule has 1 aliphatic rings. The van der Waals surface area contributed by atoms with Crippen LogP contribution in [0.25, 0.3) is 0 Å². The van der Waals surface area contributed by atoms with Gasteiger partial charge in [-0.05, 0) is 18.2 Å². The molecule has 1 amide bonds. The maximum absolute atomic E-state index is 12.4. The highest BCUT2D eigenvalue weighted by molar-refractivity contribution is 6.39. The number of aromatic nitrogens is 2. The van der Waals surface area contributed by atoms with Crippen LogP contribution in [0.15, 0.2) is 36.7 Å². The molecular weight excluding hydrogens is 349 g/mol. The summed E-state index contributed by atoms with van der Waals surface area (Å²) in [5.41, 5.74) is 0.588. The summed E-state index contributed by atoms with van der Waals surface area (Å²) < 4.78 is 0. The molecule has 0 radical (unpaired) electrons. The summed E-state index contributed by atoms with van der Waals surface area (Å²) in [4.78, 5) is 24.7. The molecule has 1 aromatic heterocycles. The highest BCUT2D eigenvalue weighted by Gasteiger charge is 2.22. The van der Waals surface area contributed by atoms with E-state index >= 15 is 0 Å². The fourth-order valence-electron chi connectivity index (χ4n) is 2.55. The third-order valence-corrected chi connectivity index (χ3v) is 4.48. The van der Waals surface area contributed by atoms with Crippen molar-refractivity contribution in [3.8, 4) is 0 Å². The van der Waals surface area contributed by atoms with Crippen LogP contribution in [0.1, 0.15) is 0 Å². The van der Waals surface area contributed by atoms with Crippen LogP contribution in [0.3, 0.4) is 0 Å². The van der Waals surface area contributed by atoms with Crippen LogP contribution in [0, 0.1) is 0 Å². The van der Waals surface area contributed by atoms with Gasteiger partial charge in [0, 0.05) is 38.6 Å². The number of carbonyl (C=O) groups is 1. The van der Waals surface area contributed by atoms with Gasteiger partial charge in [-0.15, -0.1) is 0 Å². The number of amides is 1. The number of para-hydroxylation sites is 1. The van der Waals surface area contributed by atoms with Crippen LogP contribution in [-0.4, -0.2) is 53.5 Å². The van der Waals surface area contributed by atoms with E-state index in [1.54, 1.807) is 36.7 Å². The number of halogens is 2. The van der Waals surface area contributed by atoms with Crippen LogP contribution in [0.2, 0.25) is 10.0 Å². The lowest BCUT2D eigenvalue weighted by Crippen LogP contribution is -2.50. The van der Waals surface area contributed by atoms with Crippen molar-refractivity contribution in [3.05, 3.63) is 46.7 Å². The minimum atomic E-state index is 0.0135. The Balaban J connectivity index is 1.52. The Morgan fingerprint density at radius 3 is 2.29 bits per heavy atom. The van der Waals surface area contributed by atoms with E-state index in [2.05, 4.69) is 20.2 Å². The summed E-state index contributed by atoms with van der Waals surface area (Å²) in [6.45, 7) is 2.85. The van der Waals surface area contributed by atoms with Gasteiger partial charge in [0.2, 0.25) is 11.9 Å². The van der Waals surface area contributed by atoms with Crippen molar-refractivity contribution in [1.29, 1.82) is 0 Å². The molecule has 0 aliphatic carbocycles. The van der Waals surface area contributed by atoms with Crippen molar-refractivity contribution >= 4 is 40.7 Å². The van der Waals surface area contributed by atoms with Gasteiger partial charge in [-0.1, -0.05) is 29.3 Å². The van der Waals surface area contributed by atoms with E-state index in [0.29, 0.717) is 47.9 Å². The van der Waals surface area contributed by atoms with Crippen molar-refractivity contribution < 1.29 is 4.79 Å². The fourth-order valence-corrected chi connectivity index (χ4v) is 3.08. The molecule has 1 aliphatic heterocycles. The van der Waals surface area contributed by atoms with Gasteiger partial charge in [-0.3, -0.25) is 4.79 Å². The predicted molar refractivity (Wildman–Crippen MR) is 95.8 cm³/mol. The first-order valence-corrected chi connectivity index (χ1v) is 8.38. The molecule has 6 nitrogen and oxygen atoms in total. The van der Waals surface area contributed by atoms with Crippen LogP contribution in [0.4, 0.5) is 11.6 Å². The Hall–Kier alpha value is -2.05. The SMILES string of the molecule is O=C(CNc1c(Cl)cccc1Cl)N1CCN(c2ncccn2)CC1. The van der Waals surface area contributed by atoms with Gasteiger partial charge >= 0.3 is 0 Å². The van der Waals surface area contributed by atoms with Gasteiger partial charge in [0.25, 0.3) is 0 Å². The Bertz CT molecular complexity index is 685. The van der Waals surface area contributed by atoms with E-state index in [9.17, 15) is 4.79 Å². The molecule has 2 aromatic rings. The summed E-state index contributed by atoms with van der Waals surface area (Å²) in [6, 6.07) is 7.02. The largest absolute Gasteiger partial charge is 0.374 e. The number of hydrogen-bond donors (Lipinski definition) is 1. The molecule has 2 heterocycles. The number of piperazine rings is 1. The molecule has 0 spiro atoms. The average Bonchev–Trinajstić information content (AvgIpc) is 2.62. The first-order chi connectivity index (χ1) is 11.6. The first-order valence-electron chi connectivity index (χ1n) is 7.63. The van der Waals surface area contributed by atoms with Crippen molar-refractivity contribution in [2.24, 2.45) is 0 Å². The lowest BCUT2D eigenvalue weighted by Gasteiger charge is -2.34. The second-order valence-electron chi connectivity index (χ2n) is 5.37. The molecule has 1 saturated heterocycles. The number of nitrogens with zero attached hydrogens (tertiary/aromatic N) is 4. The highest BCUT2D eigenvalue weighted by Crippen LogP contribution is 2.29. The van der Waals surface area contributed by atoms with Crippen molar-refractivity contribution in [3.63, 3.8) is 0 Å². The minimum absolute atomic E-state index is 0.0135. The lowest BCUT2D eigenvalue weighted by molar-refractivity contribution is -0.129. The molecule has 24 heavy (non-hydrogen) atoms. The molecule has 1 N–H and O–H groups in total. The second kappa shape index (κ2) is 7.68. The first kappa shape index (κ1) is 16.8. The third kappa shape index (κ3) is 3.88. The van der Waals surface area contributed by atoms with Crippen molar-refractivity contribution in [2.75, 3.05) is 42.9 Å². The van der Waals surface area contributed by atoms with Gasteiger partial charge in [0.15, 0.2) is 0 Å². The second-order valence-corrected chi connectivity index (χ2v) is 6.18. The van der Waals surface area contributed by atoms with Crippen molar-refractivity contribution in [2.45, 2.75) is 0 Å². The van der Waals surface area contributed by atoms with E-state index in [0.717, 1.165) is 0 Å². The summed E-state index contributed by atoms with van der Waals surface area (Å²) in [5.74, 6) is 0.713.